The zero-order valence-electron chi connectivity index (χ0n) is 16.4. The summed E-state index contributed by atoms with van der Waals surface area (Å²) in [5.74, 6) is 1.13. The lowest BCUT2D eigenvalue weighted by Gasteiger charge is -2.32. The van der Waals surface area contributed by atoms with Gasteiger partial charge in [0.2, 0.25) is 15.2 Å². The molecule has 6 nitrogen and oxygen atoms in total. The standard InChI is InChI=1S/C19H28N4O2S2/c1-14-7-9-16(10-8-14)27(24,25)20-12-15-6-5-11-23(13-15)18-21-17(22-26-18)19(2,3)4/h7-10,15,20H,5-6,11-13H2,1-4H3. The average Bonchev–Trinajstić information content (AvgIpc) is 3.11. The Kier molecular flexibility index (Phi) is 5.88. The van der Waals surface area contributed by atoms with E-state index in [9.17, 15) is 8.42 Å². The van der Waals surface area contributed by atoms with Gasteiger partial charge in [-0.3, -0.25) is 0 Å². The summed E-state index contributed by atoms with van der Waals surface area (Å²) in [5, 5.41) is 0.936. The van der Waals surface area contributed by atoms with Crippen LogP contribution in [0.1, 0.15) is 45.0 Å². The Bertz CT molecular complexity index is 870. The van der Waals surface area contributed by atoms with Crippen molar-refractivity contribution in [1.29, 1.82) is 0 Å². The van der Waals surface area contributed by atoms with Crippen molar-refractivity contribution in [1.82, 2.24) is 14.1 Å². The van der Waals surface area contributed by atoms with Crippen molar-refractivity contribution < 1.29 is 8.42 Å². The number of anilines is 1. The fourth-order valence-electron chi connectivity index (χ4n) is 3.08. The van der Waals surface area contributed by atoms with Gasteiger partial charge in [0, 0.05) is 36.6 Å². The van der Waals surface area contributed by atoms with Crippen LogP contribution in [0, 0.1) is 12.8 Å². The highest BCUT2D eigenvalue weighted by Gasteiger charge is 2.26. The fraction of sp³-hybridized carbons (Fsp3) is 0.579. The Hall–Kier alpha value is -1.51. The van der Waals surface area contributed by atoms with E-state index in [1.807, 2.05) is 19.1 Å². The van der Waals surface area contributed by atoms with Gasteiger partial charge in [0.25, 0.3) is 0 Å². The zero-order valence-corrected chi connectivity index (χ0v) is 18.0. The molecule has 1 fully saturated rings. The Balaban J connectivity index is 1.61. The quantitative estimate of drug-likeness (QED) is 0.821. The van der Waals surface area contributed by atoms with Crippen molar-refractivity contribution in [3.63, 3.8) is 0 Å². The predicted molar refractivity (Wildman–Crippen MR) is 110 cm³/mol. The van der Waals surface area contributed by atoms with Crippen LogP contribution in [0.3, 0.4) is 0 Å². The Morgan fingerprint density at radius 3 is 2.59 bits per heavy atom. The second-order valence-corrected chi connectivity index (χ2v) is 10.8. The summed E-state index contributed by atoms with van der Waals surface area (Å²) in [6, 6.07) is 6.94. The van der Waals surface area contributed by atoms with E-state index in [1.165, 1.54) is 11.5 Å². The lowest BCUT2D eigenvalue weighted by atomic mass is 9.96. The Morgan fingerprint density at radius 1 is 1.26 bits per heavy atom. The molecule has 1 aromatic carbocycles. The first-order valence-corrected chi connectivity index (χ1v) is 11.6. The minimum atomic E-state index is -3.47. The van der Waals surface area contributed by atoms with Crippen molar-refractivity contribution in [3.8, 4) is 0 Å². The summed E-state index contributed by atoms with van der Waals surface area (Å²) in [6.45, 7) is 10.5. The van der Waals surface area contributed by atoms with Gasteiger partial charge in [0.15, 0.2) is 0 Å². The monoisotopic (exact) mass is 408 g/mol. The third kappa shape index (κ3) is 5.06. The number of piperidine rings is 1. The summed E-state index contributed by atoms with van der Waals surface area (Å²) in [6.07, 6.45) is 2.04. The molecule has 8 heteroatoms. The van der Waals surface area contributed by atoms with E-state index in [0.29, 0.717) is 11.4 Å². The number of aromatic nitrogens is 2. The van der Waals surface area contributed by atoms with Crippen LogP contribution >= 0.6 is 11.5 Å². The van der Waals surface area contributed by atoms with E-state index in [-0.39, 0.29) is 11.3 Å². The van der Waals surface area contributed by atoms with Crippen LogP contribution in [0.25, 0.3) is 0 Å². The predicted octanol–water partition coefficient (Wildman–Crippen LogP) is 3.34. The summed E-state index contributed by atoms with van der Waals surface area (Å²) in [7, 11) is -3.47. The van der Waals surface area contributed by atoms with Gasteiger partial charge in [-0.25, -0.2) is 18.1 Å². The van der Waals surface area contributed by atoms with Gasteiger partial charge in [-0.1, -0.05) is 38.5 Å². The number of rotatable bonds is 5. The van der Waals surface area contributed by atoms with Crippen molar-refractivity contribution in [3.05, 3.63) is 35.7 Å². The molecule has 1 saturated heterocycles. The molecule has 0 aliphatic carbocycles. The van der Waals surface area contributed by atoms with Gasteiger partial charge < -0.3 is 4.90 Å². The van der Waals surface area contributed by atoms with Crippen LogP contribution in [0.5, 0.6) is 0 Å². The molecule has 2 aromatic rings. The van der Waals surface area contributed by atoms with E-state index >= 15 is 0 Å². The first-order chi connectivity index (χ1) is 12.6. The van der Waals surface area contributed by atoms with E-state index in [1.54, 1.807) is 12.1 Å². The topological polar surface area (TPSA) is 75.2 Å². The van der Waals surface area contributed by atoms with Crippen LogP contribution < -0.4 is 9.62 Å². The first kappa shape index (κ1) is 20.2. The van der Waals surface area contributed by atoms with Crippen LogP contribution in [-0.4, -0.2) is 37.4 Å². The zero-order chi connectivity index (χ0) is 19.7. The van der Waals surface area contributed by atoms with Crippen LogP contribution in [0.4, 0.5) is 5.13 Å². The Morgan fingerprint density at radius 2 is 1.96 bits per heavy atom. The number of benzene rings is 1. The number of hydrogen-bond donors (Lipinski definition) is 1. The number of hydrogen-bond acceptors (Lipinski definition) is 6. The molecule has 1 N–H and O–H groups in total. The van der Waals surface area contributed by atoms with Gasteiger partial charge in [0.05, 0.1) is 4.90 Å². The van der Waals surface area contributed by atoms with Gasteiger partial charge >= 0.3 is 0 Å². The van der Waals surface area contributed by atoms with Gasteiger partial charge in [0.1, 0.15) is 5.82 Å². The van der Waals surface area contributed by atoms with Crippen LogP contribution in [-0.2, 0) is 15.4 Å². The SMILES string of the molecule is Cc1ccc(S(=O)(=O)NCC2CCCN(c3nc(C(C)(C)C)ns3)C2)cc1. The first-order valence-electron chi connectivity index (χ1n) is 9.30. The van der Waals surface area contributed by atoms with Crippen molar-refractivity contribution >= 4 is 26.7 Å². The summed E-state index contributed by atoms with van der Waals surface area (Å²) in [5.41, 5.74) is 0.983. The van der Waals surface area contributed by atoms with Crippen LogP contribution in [0.2, 0.25) is 0 Å². The fourth-order valence-corrected chi connectivity index (χ4v) is 5.09. The second-order valence-electron chi connectivity index (χ2n) is 8.27. The maximum atomic E-state index is 12.5. The molecule has 3 rings (SSSR count). The molecule has 0 amide bonds. The molecule has 1 aromatic heterocycles. The molecular weight excluding hydrogens is 380 g/mol. The molecule has 0 bridgehead atoms. The second kappa shape index (κ2) is 7.85. The number of sulfonamides is 1. The maximum absolute atomic E-state index is 12.5. The van der Waals surface area contributed by atoms with Crippen LogP contribution in [0.15, 0.2) is 29.2 Å². The number of nitrogens with one attached hydrogen (secondary N) is 1. The molecule has 0 radical (unpaired) electrons. The number of nitrogens with zero attached hydrogens (tertiary/aromatic N) is 3. The van der Waals surface area contributed by atoms with Crippen molar-refractivity contribution in [2.75, 3.05) is 24.5 Å². The average molecular weight is 409 g/mol. The lowest BCUT2D eigenvalue weighted by Crippen LogP contribution is -2.41. The number of aryl methyl sites for hydroxylation is 1. The van der Waals surface area contributed by atoms with Gasteiger partial charge in [-0.05, 0) is 37.8 Å². The highest BCUT2D eigenvalue weighted by Crippen LogP contribution is 2.28. The highest BCUT2D eigenvalue weighted by molar-refractivity contribution is 7.89. The molecule has 1 unspecified atom stereocenters. The third-order valence-electron chi connectivity index (χ3n) is 4.77. The normalized spacial score (nSPS) is 18.7. The van der Waals surface area contributed by atoms with Gasteiger partial charge in [-0.2, -0.15) is 4.37 Å². The highest BCUT2D eigenvalue weighted by atomic mass is 32.2. The molecule has 1 aliphatic rings. The van der Waals surface area contributed by atoms with Gasteiger partial charge in [-0.15, -0.1) is 0 Å². The molecule has 1 atom stereocenters. The minimum absolute atomic E-state index is 0.0619. The maximum Gasteiger partial charge on any atom is 0.240 e. The van der Waals surface area contributed by atoms with E-state index in [4.69, 9.17) is 4.98 Å². The molecule has 1 aliphatic heterocycles. The molecule has 148 valence electrons. The minimum Gasteiger partial charge on any atom is -0.347 e. The summed E-state index contributed by atoms with van der Waals surface area (Å²) < 4.78 is 32.3. The molecule has 27 heavy (non-hydrogen) atoms. The molecule has 0 spiro atoms. The van der Waals surface area contributed by atoms with Crippen molar-refractivity contribution in [2.24, 2.45) is 5.92 Å². The van der Waals surface area contributed by atoms with E-state index < -0.39 is 10.0 Å². The van der Waals surface area contributed by atoms with Crippen molar-refractivity contribution in [2.45, 2.75) is 50.8 Å². The molecule has 0 saturated carbocycles. The largest absolute Gasteiger partial charge is 0.347 e. The Labute approximate surface area is 166 Å². The van der Waals surface area contributed by atoms with E-state index in [2.05, 4.69) is 34.8 Å². The summed E-state index contributed by atoms with van der Waals surface area (Å²) in [4.78, 5) is 7.26. The summed E-state index contributed by atoms with van der Waals surface area (Å²) >= 11 is 1.43. The molecule has 2 heterocycles. The smallest absolute Gasteiger partial charge is 0.240 e. The van der Waals surface area contributed by atoms with E-state index in [0.717, 1.165) is 42.5 Å². The lowest BCUT2D eigenvalue weighted by molar-refractivity contribution is 0.410. The molecular formula is C19H28N4O2S2. The third-order valence-corrected chi connectivity index (χ3v) is 6.99.